The van der Waals surface area contributed by atoms with Crippen molar-refractivity contribution in [3.63, 3.8) is 0 Å². The van der Waals surface area contributed by atoms with E-state index in [0.717, 1.165) is 4.90 Å². The van der Waals surface area contributed by atoms with E-state index in [-0.39, 0.29) is 6.42 Å². The molecular formula is C17H18N2O4S. The van der Waals surface area contributed by atoms with Crippen molar-refractivity contribution in [1.29, 1.82) is 0 Å². The number of carbonyl (C=O) groups excluding carboxylic acids is 3. The van der Waals surface area contributed by atoms with Crippen LogP contribution in [0.15, 0.2) is 53.6 Å². The first-order valence-electron chi connectivity index (χ1n) is 7.35. The number of nitrogens with zero attached hydrogens (tertiary/aromatic N) is 1. The molecule has 0 aliphatic heterocycles. The number of aryl methyl sites for hydroxylation is 1. The van der Waals surface area contributed by atoms with Crippen LogP contribution >= 0.6 is 11.8 Å². The lowest BCUT2D eigenvalue weighted by atomic mass is 10.4. The summed E-state index contributed by atoms with van der Waals surface area (Å²) in [4.78, 5) is 36.1. The molecule has 2 rings (SSSR count). The molecule has 0 fully saturated rings. The Morgan fingerprint density at radius 1 is 1.12 bits per heavy atom. The van der Waals surface area contributed by atoms with Crippen LogP contribution in [0.1, 0.15) is 16.9 Å². The Hall–Kier alpha value is -2.54. The zero-order valence-electron chi connectivity index (χ0n) is 13.2. The molecule has 0 saturated heterocycles. The fourth-order valence-electron chi connectivity index (χ4n) is 1.91. The first kappa shape index (κ1) is 17.8. The van der Waals surface area contributed by atoms with E-state index >= 15 is 0 Å². The second-order valence-corrected chi connectivity index (χ2v) is 6.12. The molecule has 0 atom stereocenters. The van der Waals surface area contributed by atoms with Gasteiger partial charge in [-0.1, -0.05) is 18.2 Å². The van der Waals surface area contributed by atoms with Gasteiger partial charge >= 0.3 is 5.97 Å². The molecule has 7 heteroatoms. The highest BCUT2D eigenvalue weighted by Crippen LogP contribution is 2.17. The Labute approximate surface area is 144 Å². The maximum atomic E-state index is 11.8. The third-order valence-corrected chi connectivity index (χ3v) is 4.13. The summed E-state index contributed by atoms with van der Waals surface area (Å²) in [6.45, 7) is -0.467. The van der Waals surface area contributed by atoms with E-state index in [1.165, 1.54) is 11.8 Å². The van der Waals surface area contributed by atoms with Crippen LogP contribution in [-0.2, 0) is 21.4 Å². The van der Waals surface area contributed by atoms with E-state index in [2.05, 4.69) is 5.32 Å². The van der Waals surface area contributed by atoms with Gasteiger partial charge in [0.1, 0.15) is 5.69 Å². The lowest BCUT2D eigenvalue weighted by Gasteiger charge is -2.06. The van der Waals surface area contributed by atoms with Gasteiger partial charge in [-0.05, 0) is 24.3 Å². The fourth-order valence-corrected chi connectivity index (χ4v) is 2.76. The Morgan fingerprint density at radius 2 is 1.88 bits per heavy atom. The molecule has 0 aliphatic rings. The third kappa shape index (κ3) is 5.58. The summed E-state index contributed by atoms with van der Waals surface area (Å²) in [6.07, 6.45) is 1.89. The van der Waals surface area contributed by atoms with Crippen LogP contribution in [-0.4, -0.2) is 34.7 Å². The van der Waals surface area contributed by atoms with Crippen LogP contribution in [0.3, 0.4) is 0 Å². The first-order valence-corrected chi connectivity index (χ1v) is 8.34. The van der Waals surface area contributed by atoms with E-state index in [1.807, 2.05) is 30.3 Å². The predicted molar refractivity (Wildman–Crippen MR) is 90.6 cm³/mol. The summed E-state index contributed by atoms with van der Waals surface area (Å²) in [6, 6.07) is 13.0. The van der Waals surface area contributed by atoms with E-state index in [0.29, 0.717) is 11.4 Å². The lowest BCUT2D eigenvalue weighted by molar-refractivity contribution is -0.147. The molecule has 0 unspecified atom stereocenters. The number of ether oxygens (including phenoxy) is 1. The average molecular weight is 346 g/mol. The van der Waals surface area contributed by atoms with Crippen molar-refractivity contribution < 1.29 is 19.1 Å². The Morgan fingerprint density at radius 3 is 2.54 bits per heavy atom. The Balaban J connectivity index is 1.65. The number of rotatable bonds is 7. The Bertz CT molecular complexity index is 712. The molecule has 0 radical (unpaired) electrons. The molecule has 2 aromatic rings. The van der Waals surface area contributed by atoms with Crippen molar-refractivity contribution in [3.8, 4) is 0 Å². The van der Waals surface area contributed by atoms with Crippen LogP contribution in [0.2, 0.25) is 0 Å². The maximum absolute atomic E-state index is 11.8. The summed E-state index contributed by atoms with van der Waals surface area (Å²) >= 11 is 1.54. The first-order chi connectivity index (χ1) is 11.6. The number of imide groups is 1. The predicted octanol–water partition coefficient (Wildman–Crippen LogP) is 2.01. The van der Waals surface area contributed by atoms with E-state index in [1.54, 1.807) is 29.9 Å². The van der Waals surface area contributed by atoms with Gasteiger partial charge in [0.2, 0.25) is 0 Å². The Kier molecular flexibility index (Phi) is 6.62. The van der Waals surface area contributed by atoms with Crippen molar-refractivity contribution in [2.45, 2.75) is 11.3 Å². The third-order valence-electron chi connectivity index (χ3n) is 3.11. The smallest absolute Gasteiger partial charge is 0.307 e. The molecule has 0 bridgehead atoms. The number of thioether (sulfide) groups is 1. The van der Waals surface area contributed by atoms with Crippen LogP contribution in [0.25, 0.3) is 0 Å². The lowest BCUT2D eigenvalue weighted by Crippen LogP contribution is -2.35. The van der Waals surface area contributed by atoms with Crippen molar-refractivity contribution in [3.05, 3.63) is 54.4 Å². The zero-order chi connectivity index (χ0) is 17.4. The second kappa shape index (κ2) is 8.93. The van der Waals surface area contributed by atoms with Gasteiger partial charge in [-0.3, -0.25) is 19.7 Å². The highest BCUT2D eigenvalue weighted by atomic mass is 32.2. The molecule has 1 N–H and O–H groups in total. The summed E-state index contributed by atoms with van der Waals surface area (Å²) in [7, 11) is 1.70. The second-order valence-electron chi connectivity index (χ2n) is 4.95. The van der Waals surface area contributed by atoms with Crippen LogP contribution in [0, 0.1) is 0 Å². The van der Waals surface area contributed by atoms with E-state index in [4.69, 9.17) is 4.74 Å². The number of aromatic nitrogens is 1. The average Bonchev–Trinajstić information content (AvgIpc) is 3.00. The molecule has 6 nitrogen and oxygen atoms in total. The number of nitrogens with one attached hydrogen (secondary N) is 1. The molecule has 1 aromatic heterocycles. The van der Waals surface area contributed by atoms with Gasteiger partial charge in [-0.15, -0.1) is 11.8 Å². The van der Waals surface area contributed by atoms with Gasteiger partial charge in [0.15, 0.2) is 6.61 Å². The molecule has 0 saturated carbocycles. The summed E-state index contributed by atoms with van der Waals surface area (Å²) in [5, 5.41) is 2.18. The summed E-state index contributed by atoms with van der Waals surface area (Å²) in [5.74, 6) is -1.08. The number of amides is 2. The van der Waals surface area contributed by atoms with Crippen molar-refractivity contribution in [2.24, 2.45) is 7.05 Å². The van der Waals surface area contributed by atoms with Crippen molar-refractivity contribution in [2.75, 3.05) is 12.4 Å². The molecule has 24 heavy (non-hydrogen) atoms. The summed E-state index contributed by atoms with van der Waals surface area (Å²) in [5.41, 5.74) is 0.355. The van der Waals surface area contributed by atoms with Gasteiger partial charge in [0.25, 0.3) is 11.8 Å². The monoisotopic (exact) mass is 346 g/mol. The molecule has 126 valence electrons. The van der Waals surface area contributed by atoms with Gasteiger partial charge in [0, 0.05) is 23.9 Å². The zero-order valence-corrected chi connectivity index (χ0v) is 14.0. The quantitative estimate of drug-likeness (QED) is 0.613. The van der Waals surface area contributed by atoms with Gasteiger partial charge in [0.05, 0.1) is 6.42 Å². The van der Waals surface area contributed by atoms with Gasteiger partial charge < -0.3 is 9.30 Å². The molecule has 1 heterocycles. The normalized spacial score (nSPS) is 10.2. The van der Waals surface area contributed by atoms with E-state index in [9.17, 15) is 14.4 Å². The summed E-state index contributed by atoms with van der Waals surface area (Å²) < 4.78 is 6.46. The topological polar surface area (TPSA) is 77.4 Å². The minimum absolute atomic E-state index is 0.193. The number of esters is 1. The number of hydrogen-bond acceptors (Lipinski definition) is 5. The SMILES string of the molecule is Cn1cccc1C(=O)NC(=O)COC(=O)CCSc1ccccc1. The fraction of sp³-hybridized carbons (Fsp3) is 0.235. The number of benzene rings is 1. The molecule has 1 aromatic carbocycles. The van der Waals surface area contributed by atoms with Gasteiger partial charge in [-0.2, -0.15) is 0 Å². The maximum Gasteiger partial charge on any atom is 0.307 e. The highest BCUT2D eigenvalue weighted by molar-refractivity contribution is 7.99. The van der Waals surface area contributed by atoms with Crippen molar-refractivity contribution >= 4 is 29.5 Å². The largest absolute Gasteiger partial charge is 0.456 e. The van der Waals surface area contributed by atoms with E-state index < -0.39 is 24.4 Å². The minimum atomic E-state index is -0.648. The standard InChI is InChI=1S/C17H18N2O4S/c1-19-10-5-8-14(19)17(22)18-15(20)12-23-16(21)9-11-24-13-6-3-2-4-7-13/h2-8,10H,9,11-12H2,1H3,(H,18,20,22). The molecule has 0 spiro atoms. The van der Waals surface area contributed by atoms with Crippen LogP contribution in [0.5, 0.6) is 0 Å². The molecule has 0 aliphatic carbocycles. The molecular weight excluding hydrogens is 328 g/mol. The number of hydrogen-bond donors (Lipinski definition) is 1. The number of carbonyl (C=O) groups is 3. The van der Waals surface area contributed by atoms with Crippen LogP contribution < -0.4 is 5.32 Å². The minimum Gasteiger partial charge on any atom is -0.456 e. The van der Waals surface area contributed by atoms with Crippen molar-refractivity contribution in [1.82, 2.24) is 9.88 Å². The van der Waals surface area contributed by atoms with Crippen LogP contribution in [0.4, 0.5) is 0 Å². The highest BCUT2D eigenvalue weighted by Gasteiger charge is 2.14. The molecule has 2 amide bonds. The van der Waals surface area contributed by atoms with Gasteiger partial charge in [-0.25, -0.2) is 0 Å².